The molecule has 2 aromatic carbocycles. The Kier molecular flexibility index (Phi) is 15.3. The van der Waals surface area contributed by atoms with Crippen molar-refractivity contribution in [1.29, 1.82) is 0 Å². The van der Waals surface area contributed by atoms with Crippen molar-refractivity contribution in [3.63, 3.8) is 0 Å². The van der Waals surface area contributed by atoms with Gasteiger partial charge in [0.25, 0.3) is 0 Å². The number of nitrogens with one attached hydrogen (secondary N) is 1. The molecule has 0 aromatic heterocycles. The van der Waals surface area contributed by atoms with Crippen molar-refractivity contribution in [2.24, 2.45) is 5.10 Å². The number of amides is 1. The molecule has 36 heavy (non-hydrogen) atoms. The molecule has 0 fully saturated rings. The summed E-state index contributed by atoms with van der Waals surface area (Å²) in [6.07, 6.45) is 18.8. The smallest absolute Gasteiger partial charge is 0.345 e. The van der Waals surface area contributed by atoms with Gasteiger partial charge >= 0.3 is 5.97 Å². The molecular formula is C30H41ClN2O3. The Balaban J connectivity index is 1.51. The summed E-state index contributed by atoms with van der Waals surface area (Å²) in [5.41, 5.74) is 3.68. The van der Waals surface area contributed by atoms with Crippen molar-refractivity contribution >= 4 is 29.7 Å². The van der Waals surface area contributed by atoms with Crippen LogP contribution in [0.15, 0.2) is 53.6 Å². The summed E-state index contributed by atoms with van der Waals surface area (Å²) in [5, 5.41) is 4.37. The van der Waals surface area contributed by atoms with Gasteiger partial charge in [0, 0.05) is 6.42 Å². The molecule has 0 atom stereocenters. The van der Waals surface area contributed by atoms with E-state index in [0.717, 1.165) is 18.4 Å². The van der Waals surface area contributed by atoms with Crippen LogP contribution >= 0.6 is 11.6 Å². The van der Waals surface area contributed by atoms with Gasteiger partial charge in [0.15, 0.2) is 0 Å². The molecule has 0 heterocycles. The van der Waals surface area contributed by atoms with Crippen LogP contribution in [-0.2, 0) is 4.79 Å². The molecule has 1 N–H and O–H groups in total. The summed E-state index contributed by atoms with van der Waals surface area (Å²) in [4.78, 5) is 24.2. The molecule has 5 nitrogen and oxygen atoms in total. The molecule has 196 valence electrons. The van der Waals surface area contributed by atoms with Gasteiger partial charge in [-0.25, -0.2) is 10.2 Å². The maximum absolute atomic E-state index is 12.2. The van der Waals surface area contributed by atoms with Gasteiger partial charge in [0.1, 0.15) is 5.75 Å². The Hall–Kier alpha value is -2.66. The number of nitrogens with zero attached hydrogens (tertiary/aromatic N) is 1. The molecule has 0 saturated carbocycles. The predicted molar refractivity (Wildman–Crippen MR) is 149 cm³/mol. The van der Waals surface area contributed by atoms with Gasteiger partial charge in [-0.1, -0.05) is 108 Å². The van der Waals surface area contributed by atoms with Crippen molar-refractivity contribution < 1.29 is 14.3 Å². The van der Waals surface area contributed by atoms with Crippen LogP contribution in [0.2, 0.25) is 5.02 Å². The molecular weight excluding hydrogens is 472 g/mol. The van der Waals surface area contributed by atoms with Crippen LogP contribution in [-0.4, -0.2) is 18.1 Å². The average molecular weight is 513 g/mol. The fourth-order valence-electron chi connectivity index (χ4n) is 3.95. The predicted octanol–water partition coefficient (Wildman–Crippen LogP) is 8.49. The van der Waals surface area contributed by atoms with E-state index in [1.165, 1.54) is 70.6 Å². The Bertz CT molecular complexity index is 928. The van der Waals surface area contributed by atoms with E-state index in [4.69, 9.17) is 16.3 Å². The second-order valence-corrected chi connectivity index (χ2v) is 9.63. The molecule has 0 bridgehead atoms. The number of esters is 1. The lowest BCUT2D eigenvalue weighted by Gasteiger charge is -2.06. The summed E-state index contributed by atoms with van der Waals surface area (Å²) in [7, 11) is 0. The van der Waals surface area contributed by atoms with Gasteiger partial charge in [-0.15, -0.1) is 0 Å². The zero-order valence-electron chi connectivity index (χ0n) is 21.6. The molecule has 2 rings (SSSR count). The number of benzene rings is 2. The van der Waals surface area contributed by atoms with Gasteiger partial charge in [0.05, 0.1) is 16.8 Å². The van der Waals surface area contributed by atoms with E-state index in [0.29, 0.717) is 22.8 Å². The molecule has 1 amide bonds. The van der Waals surface area contributed by atoms with Crippen molar-refractivity contribution in [1.82, 2.24) is 5.43 Å². The number of carbonyl (C=O) groups is 2. The lowest BCUT2D eigenvalue weighted by Crippen LogP contribution is -2.16. The number of hydrogen-bond acceptors (Lipinski definition) is 4. The highest BCUT2D eigenvalue weighted by Gasteiger charge is 2.12. The van der Waals surface area contributed by atoms with Crippen LogP contribution in [0.25, 0.3) is 0 Å². The minimum Gasteiger partial charge on any atom is -0.423 e. The first-order chi connectivity index (χ1) is 17.6. The number of hydrazone groups is 1. The van der Waals surface area contributed by atoms with Gasteiger partial charge < -0.3 is 4.74 Å². The third-order valence-corrected chi connectivity index (χ3v) is 6.42. The normalized spacial score (nSPS) is 11.1. The van der Waals surface area contributed by atoms with Crippen LogP contribution in [0.3, 0.4) is 0 Å². The van der Waals surface area contributed by atoms with Crippen LogP contribution in [0.4, 0.5) is 0 Å². The standard InChI is InChI=1S/C30H41ClN2O3/c1-2-3-4-5-6-7-8-9-10-11-12-13-14-19-29(34)33-32-24-25-20-22-26(23-21-25)36-30(35)27-17-15-16-18-28(27)31/h15-18,20-24H,2-14,19H2,1H3,(H,33,34)/b32-24-. The Labute approximate surface area is 221 Å². The van der Waals surface area contributed by atoms with Crippen molar-refractivity contribution in [2.45, 2.75) is 96.8 Å². The first-order valence-corrected chi connectivity index (χ1v) is 13.9. The Morgan fingerprint density at radius 3 is 1.94 bits per heavy atom. The minimum atomic E-state index is -0.512. The maximum Gasteiger partial charge on any atom is 0.345 e. The molecule has 0 radical (unpaired) electrons. The van der Waals surface area contributed by atoms with Crippen LogP contribution in [0.5, 0.6) is 5.75 Å². The van der Waals surface area contributed by atoms with Gasteiger partial charge in [-0.3, -0.25) is 4.79 Å². The molecule has 0 spiro atoms. The number of hydrogen-bond donors (Lipinski definition) is 1. The van der Waals surface area contributed by atoms with Crippen molar-refractivity contribution in [3.8, 4) is 5.75 Å². The number of unbranched alkanes of at least 4 members (excludes halogenated alkanes) is 12. The molecule has 0 aliphatic heterocycles. The van der Waals surface area contributed by atoms with E-state index in [2.05, 4.69) is 17.5 Å². The van der Waals surface area contributed by atoms with E-state index in [-0.39, 0.29) is 5.91 Å². The quantitative estimate of drug-likeness (QED) is 0.0715. The van der Waals surface area contributed by atoms with Gasteiger partial charge in [0.2, 0.25) is 5.91 Å². The van der Waals surface area contributed by atoms with E-state index in [1.807, 2.05) is 0 Å². The first-order valence-electron chi connectivity index (χ1n) is 13.5. The Morgan fingerprint density at radius 1 is 0.806 bits per heavy atom. The second kappa shape index (κ2) is 18.6. The molecule has 6 heteroatoms. The number of halogens is 1. The maximum atomic E-state index is 12.2. The number of carbonyl (C=O) groups excluding carboxylic acids is 2. The third kappa shape index (κ3) is 12.9. The first kappa shape index (κ1) is 29.6. The largest absolute Gasteiger partial charge is 0.423 e. The fourth-order valence-corrected chi connectivity index (χ4v) is 4.16. The van der Waals surface area contributed by atoms with Crippen LogP contribution in [0.1, 0.15) is 113 Å². The second-order valence-electron chi connectivity index (χ2n) is 9.22. The summed E-state index contributed by atoms with van der Waals surface area (Å²) in [5.74, 6) is -0.175. The highest BCUT2D eigenvalue weighted by molar-refractivity contribution is 6.33. The zero-order chi connectivity index (χ0) is 25.8. The lowest BCUT2D eigenvalue weighted by molar-refractivity contribution is -0.121. The topological polar surface area (TPSA) is 67.8 Å². The van der Waals surface area contributed by atoms with Crippen molar-refractivity contribution in [3.05, 3.63) is 64.7 Å². The van der Waals surface area contributed by atoms with Crippen molar-refractivity contribution in [2.75, 3.05) is 0 Å². The van der Waals surface area contributed by atoms with E-state index < -0.39 is 5.97 Å². The zero-order valence-corrected chi connectivity index (χ0v) is 22.4. The van der Waals surface area contributed by atoms with E-state index in [9.17, 15) is 9.59 Å². The fraction of sp³-hybridized carbons (Fsp3) is 0.500. The van der Waals surface area contributed by atoms with E-state index in [1.54, 1.807) is 54.7 Å². The summed E-state index contributed by atoms with van der Waals surface area (Å²) in [6.45, 7) is 2.26. The summed E-state index contributed by atoms with van der Waals surface area (Å²) in [6, 6.07) is 13.6. The SMILES string of the molecule is CCCCCCCCCCCCCCCC(=O)N/N=C\c1ccc(OC(=O)c2ccccc2Cl)cc1. The Morgan fingerprint density at radius 2 is 1.36 bits per heavy atom. The van der Waals surface area contributed by atoms with Crippen LogP contribution < -0.4 is 10.2 Å². The molecule has 0 saturated heterocycles. The molecule has 2 aromatic rings. The van der Waals surface area contributed by atoms with E-state index >= 15 is 0 Å². The minimum absolute atomic E-state index is 0.0698. The molecule has 0 aliphatic carbocycles. The highest BCUT2D eigenvalue weighted by atomic mass is 35.5. The highest BCUT2D eigenvalue weighted by Crippen LogP contribution is 2.19. The third-order valence-electron chi connectivity index (χ3n) is 6.09. The summed E-state index contributed by atoms with van der Waals surface area (Å²) >= 11 is 6.03. The molecule has 0 unspecified atom stereocenters. The van der Waals surface area contributed by atoms with Crippen LogP contribution in [0, 0.1) is 0 Å². The van der Waals surface area contributed by atoms with Gasteiger partial charge in [-0.2, -0.15) is 5.10 Å². The monoisotopic (exact) mass is 512 g/mol. The average Bonchev–Trinajstić information content (AvgIpc) is 2.88. The molecule has 0 aliphatic rings. The lowest BCUT2D eigenvalue weighted by atomic mass is 10.0. The number of ether oxygens (including phenoxy) is 1. The summed E-state index contributed by atoms with van der Waals surface area (Å²) < 4.78 is 5.35. The van der Waals surface area contributed by atoms with Gasteiger partial charge in [-0.05, 0) is 48.4 Å². The number of rotatable bonds is 18.